The predicted octanol–water partition coefficient (Wildman–Crippen LogP) is 0.582. The van der Waals surface area contributed by atoms with Crippen LogP contribution in [-0.2, 0) is 4.79 Å². The van der Waals surface area contributed by atoms with Crippen LogP contribution in [0.1, 0.15) is 25.0 Å². The smallest absolute Gasteiger partial charge is 0.222 e. The monoisotopic (exact) mass is 271 g/mol. The molecular formula is C11H17N3O3S. The van der Waals surface area contributed by atoms with Crippen LogP contribution in [0.15, 0.2) is 12.4 Å². The second kappa shape index (κ2) is 7.30. The van der Waals surface area contributed by atoms with Gasteiger partial charge in [0.25, 0.3) is 0 Å². The second-order valence-electron chi connectivity index (χ2n) is 3.73. The lowest BCUT2D eigenvalue weighted by Crippen LogP contribution is -2.19. The Labute approximate surface area is 110 Å². The minimum Gasteiger partial charge on any atom is -0.390 e. The molecule has 0 aromatic carbocycles. The Bertz CT molecular complexity index is 386. The van der Waals surface area contributed by atoms with Gasteiger partial charge in [-0.1, -0.05) is 11.8 Å². The summed E-state index contributed by atoms with van der Waals surface area (Å²) in [6, 6.07) is 0. The van der Waals surface area contributed by atoms with Crippen LogP contribution < -0.4 is 5.32 Å². The van der Waals surface area contributed by atoms with Gasteiger partial charge in [-0.2, -0.15) is 0 Å². The number of nitrogens with zero attached hydrogens (tertiary/aromatic N) is 2. The zero-order valence-electron chi connectivity index (χ0n) is 10.3. The summed E-state index contributed by atoms with van der Waals surface area (Å²) in [5, 5.41) is 22.4. The van der Waals surface area contributed by atoms with E-state index in [1.807, 2.05) is 0 Å². The fourth-order valence-electron chi connectivity index (χ4n) is 1.32. The summed E-state index contributed by atoms with van der Waals surface area (Å²) in [7, 11) is 1.69. The SMILES string of the molecule is CNc1ncc(C(O)C(O)CCSC(C)=O)cn1. The normalized spacial score (nSPS) is 14.0. The van der Waals surface area contributed by atoms with Crippen LogP contribution in [0, 0.1) is 0 Å². The van der Waals surface area contributed by atoms with Crippen molar-refractivity contribution in [2.45, 2.75) is 25.6 Å². The third-order valence-corrected chi connectivity index (χ3v) is 3.17. The first-order valence-corrected chi connectivity index (χ1v) is 6.52. The number of anilines is 1. The molecule has 0 saturated heterocycles. The molecule has 7 heteroatoms. The second-order valence-corrected chi connectivity index (χ2v) is 5.00. The molecule has 100 valence electrons. The first-order chi connectivity index (χ1) is 8.54. The molecule has 0 spiro atoms. The van der Waals surface area contributed by atoms with E-state index >= 15 is 0 Å². The van der Waals surface area contributed by atoms with Crippen LogP contribution in [0.4, 0.5) is 5.95 Å². The van der Waals surface area contributed by atoms with Crippen molar-refractivity contribution in [1.82, 2.24) is 9.97 Å². The Morgan fingerprint density at radius 3 is 2.56 bits per heavy atom. The molecule has 1 heterocycles. The van der Waals surface area contributed by atoms with E-state index in [1.165, 1.54) is 19.3 Å². The van der Waals surface area contributed by atoms with Crippen molar-refractivity contribution in [2.75, 3.05) is 18.1 Å². The maximum atomic E-state index is 10.7. The van der Waals surface area contributed by atoms with E-state index < -0.39 is 12.2 Å². The number of nitrogens with one attached hydrogen (secondary N) is 1. The van der Waals surface area contributed by atoms with E-state index in [2.05, 4.69) is 15.3 Å². The molecule has 0 radical (unpaired) electrons. The highest BCUT2D eigenvalue weighted by Crippen LogP contribution is 2.19. The van der Waals surface area contributed by atoms with Crippen molar-refractivity contribution in [1.29, 1.82) is 0 Å². The van der Waals surface area contributed by atoms with Gasteiger partial charge in [0.2, 0.25) is 5.95 Å². The summed E-state index contributed by atoms with van der Waals surface area (Å²) < 4.78 is 0. The maximum absolute atomic E-state index is 10.7. The molecule has 0 fully saturated rings. The van der Waals surface area contributed by atoms with Crippen LogP contribution in [0.5, 0.6) is 0 Å². The fourth-order valence-corrected chi connectivity index (χ4v) is 1.97. The number of carbonyl (C=O) groups excluding carboxylic acids is 1. The van der Waals surface area contributed by atoms with Crippen molar-refractivity contribution in [3.63, 3.8) is 0 Å². The Balaban J connectivity index is 2.51. The Morgan fingerprint density at radius 2 is 2.06 bits per heavy atom. The predicted molar refractivity (Wildman–Crippen MR) is 70.3 cm³/mol. The average molecular weight is 271 g/mol. The lowest BCUT2D eigenvalue weighted by Gasteiger charge is -2.17. The van der Waals surface area contributed by atoms with Crippen LogP contribution in [0.3, 0.4) is 0 Å². The van der Waals surface area contributed by atoms with Crippen LogP contribution >= 0.6 is 11.8 Å². The quantitative estimate of drug-likeness (QED) is 0.696. The molecule has 3 N–H and O–H groups in total. The summed E-state index contributed by atoms with van der Waals surface area (Å²) in [6.07, 6.45) is 1.29. The molecule has 0 aliphatic heterocycles. The lowest BCUT2D eigenvalue weighted by molar-refractivity contribution is -0.109. The number of aromatic nitrogens is 2. The number of thioether (sulfide) groups is 1. The molecule has 2 unspecified atom stereocenters. The highest BCUT2D eigenvalue weighted by molar-refractivity contribution is 8.13. The lowest BCUT2D eigenvalue weighted by atomic mass is 10.1. The molecule has 1 aromatic rings. The zero-order chi connectivity index (χ0) is 13.5. The fraction of sp³-hybridized carbons (Fsp3) is 0.545. The van der Waals surface area contributed by atoms with Crippen LogP contribution in [0.25, 0.3) is 0 Å². The Hall–Kier alpha value is -1.18. The summed E-state index contributed by atoms with van der Waals surface area (Å²) in [6.45, 7) is 1.47. The first-order valence-electron chi connectivity index (χ1n) is 5.53. The van der Waals surface area contributed by atoms with E-state index in [0.717, 1.165) is 11.8 Å². The molecule has 0 amide bonds. The molecule has 0 bridgehead atoms. The molecule has 0 aliphatic rings. The minimum atomic E-state index is -1.04. The van der Waals surface area contributed by atoms with Crippen LogP contribution in [0.2, 0.25) is 0 Å². The van der Waals surface area contributed by atoms with Gasteiger partial charge in [-0.25, -0.2) is 9.97 Å². The van der Waals surface area contributed by atoms with Gasteiger partial charge in [-0.05, 0) is 6.42 Å². The van der Waals surface area contributed by atoms with Gasteiger partial charge in [0.05, 0.1) is 6.10 Å². The van der Waals surface area contributed by atoms with Crippen molar-refractivity contribution >= 4 is 22.8 Å². The summed E-state index contributed by atoms with van der Waals surface area (Å²) in [5.41, 5.74) is 0.453. The molecule has 1 aromatic heterocycles. The molecule has 1 rings (SSSR count). The highest BCUT2D eigenvalue weighted by Gasteiger charge is 2.19. The van der Waals surface area contributed by atoms with E-state index in [0.29, 0.717) is 23.7 Å². The molecule has 2 atom stereocenters. The number of carbonyl (C=O) groups is 1. The van der Waals surface area contributed by atoms with Gasteiger partial charge in [0.15, 0.2) is 5.12 Å². The Kier molecular flexibility index (Phi) is 6.03. The molecule has 6 nitrogen and oxygen atoms in total. The summed E-state index contributed by atoms with van der Waals surface area (Å²) in [4.78, 5) is 18.6. The minimum absolute atomic E-state index is 0.00148. The number of hydrogen-bond acceptors (Lipinski definition) is 7. The van der Waals surface area contributed by atoms with E-state index in [1.54, 1.807) is 7.05 Å². The number of hydrogen-bond donors (Lipinski definition) is 3. The number of aliphatic hydroxyl groups excluding tert-OH is 2. The van der Waals surface area contributed by atoms with Gasteiger partial charge < -0.3 is 15.5 Å². The number of rotatable bonds is 6. The van der Waals surface area contributed by atoms with Crippen molar-refractivity contribution in [2.24, 2.45) is 0 Å². The zero-order valence-corrected chi connectivity index (χ0v) is 11.1. The average Bonchev–Trinajstić information content (AvgIpc) is 2.37. The topological polar surface area (TPSA) is 95.3 Å². The van der Waals surface area contributed by atoms with E-state index in [4.69, 9.17) is 0 Å². The van der Waals surface area contributed by atoms with Gasteiger partial charge >= 0.3 is 0 Å². The molecule has 0 aliphatic carbocycles. The Morgan fingerprint density at radius 1 is 1.44 bits per heavy atom. The maximum Gasteiger partial charge on any atom is 0.222 e. The van der Waals surface area contributed by atoms with E-state index in [-0.39, 0.29) is 5.12 Å². The molecule has 18 heavy (non-hydrogen) atoms. The van der Waals surface area contributed by atoms with Crippen molar-refractivity contribution in [3.05, 3.63) is 18.0 Å². The summed E-state index contributed by atoms with van der Waals surface area (Å²) in [5.74, 6) is 0.927. The highest BCUT2D eigenvalue weighted by atomic mass is 32.2. The van der Waals surface area contributed by atoms with Gasteiger partial charge in [-0.3, -0.25) is 4.79 Å². The molecular weight excluding hydrogens is 254 g/mol. The van der Waals surface area contributed by atoms with Crippen LogP contribution in [-0.4, -0.2) is 44.2 Å². The van der Waals surface area contributed by atoms with Gasteiger partial charge in [-0.15, -0.1) is 0 Å². The van der Waals surface area contributed by atoms with Gasteiger partial charge in [0, 0.05) is 37.7 Å². The standard InChI is InChI=1S/C11H17N3O3S/c1-7(15)18-4-3-9(16)10(17)8-5-13-11(12-2)14-6-8/h5-6,9-10,16-17H,3-4H2,1-2H3,(H,12,13,14). The van der Waals surface area contributed by atoms with Crippen molar-refractivity contribution < 1.29 is 15.0 Å². The third-order valence-electron chi connectivity index (χ3n) is 2.32. The first kappa shape index (κ1) is 14.9. The number of aliphatic hydroxyl groups is 2. The third kappa shape index (κ3) is 4.59. The van der Waals surface area contributed by atoms with Gasteiger partial charge in [0.1, 0.15) is 6.10 Å². The van der Waals surface area contributed by atoms with E-state index in [9.17, 15) is 15.0 Å². The molecule has 0 saturated carbocycles. The largest absolute Gasteiger partial charge is 0.390 e. The van der Waals surface area contributed by atoms with Crippen molar-refractivity contribution in [3.8, 4) is 0 Å². The summed E-state index contributed by atoms with van der Waals surface area (Å²) >= 11 is 1.13.